The molecule has 5 fully saturated rings. The highest BCUT2D eigenvalue weighted by Crippen LogP contribution is 2.60. The van der Waals surface area contributed by atoms with Crippen molar-refractivity contribution >= 4 is 0 Å². The first kappa shape index (κ1) is 11.7. The monoisotopic (exact) mass is 273 g/mol. The van der Waals surface area contributed by atoms with Crippen LogP contribution in [0.15, 0.2) is 4.52 Å². The minimum atomic E-state index is 0.0353. The minimum absolute atomic E-state index is 0.0353. The largest absolute Gasteiger partial charge is 0.339 e. The fourth-order valence-corrected chi connectivity index (χ4v) is 5.69. The summed E-state index contributed by atoms with van der Waals surface area (Å²) in [6.45, 7) is 0.648. The molecule has 5 saturated carbocycles. The number of hydrogen-bond acceptors (Lipinski definition) is 4. The fraction of sp³-hybridized carbons (Fsp3) is 0.875. The zero-order chi connectivity index (χ0) is 13.4. The molecule has 1 aromatic rings. The average Bonchev–Trinajstić information content (AvgIpc) is 3.05. The van der Waals surface area contributed by atoms with E-state index in [-0.39, 0.29) is 10.8 Å². The summed E-state index contributed by atoms with van der Waals surface area (Å²) in [5, 5.41) is 4.42. The summed E-state index contributed by atoms with van der Waals surface area (Å²) in [7, 11) is 0. The molecule has 0 unspecified atom stereocenters. The number of aromatic nitrogens is 2. The maximum Gasteiger partial charge on any atom is 0.234 e. The van der Waals surface area contributed by atoms with Crippen LogP contribution in [0.3, 0.4) is 0 Å². The Hall–Kier alpha value is -0.900. The molecule has 0 saturated heterocycles. The van der Waals surface area contributed by atoms with Gasteiger partial charge < -0.3 is 10.3 Å². The van der Waals surface area contributed by atoms with Crippen molar-refractivity contribution in [3.05, 3.63) is 11.7 Å². The Morgan fingerprint density at radius 2 is 1.65 bits per heavy atom. The second-order valence-electron chi connectivity index (χ2n) is 8.11. The molecule has 0 spiro atoms. The number of hydrogen-bond donors (Lipinski definition) is 1. The van der Waals surface area contributed by atoms with E-state index in [1.54, 1.807) is 0 Å². The van der Waals surface area contributed by atoms with Gasteiger partial charge >= 0.3 is 0 Å². The van der Waals surface area contributed by atoms with Gasteiger partial charge in [0.2, 0.25) is 5.89 Å². The second-order valence-corrected chi connectivity index (χ2v) is 8.11. The summed E-state index contributed by atoms with van der Waals surface area (Å²) in [6.07, 6.45) is 10.5. The molecule has 1 heterocycles. The first-order valence-electron chi connectivity index (χ1n) is 8.26. The van der Waals surface area contributed by atoms with E-state index in [1.165, 1.54) is 38.5 Å². The molecule has 4 bridgehead atoms. The van der Waals surface area contributed by atoms with Crippen molar-refractivity contribution in [1.82, 2.24) is 10.1 Å². The Kier molecular flexibility index (Phi) is 2.14. The predicted octanol–water partition coefficient (Wildman–Crippen LogP) is 2.53. The van der Waals surface area contributed by atoms with Gasteiger partial charge in [-0.15, -0.1) is 0 Å². The van der Waals surface area contributed by atoms with Crippen LogP contribution in [-0.2, 0) is 10.8 Å². The first-order chi connectivity index (χ1) is 9.71. The Bertz CT molecular complexity index is 510. The van der Waals surface area contributed by atoms with Crippen molar-refractivity contribution in [3.63, 3.8) is 0 Å². The van der Waals surface area contributed by atoms with E-state index < -0.39 is 0 Å². The second kappa shape index (κ2) is 3.65. The third-order valence-corrected chi connectivity index (χ3v) is 6.64. The maximum atomic E-state index is 5.89. The Morgan fingerprint density at radius 1 is 1.05 bits per heavy atom. The fourth-order valence-electron chi connectivity index (χ4n) is 5.69. The molecule has 4 nitrogen and oxygen atoms in total. The van der Waals surface area contributed by atoms with Crippen LogP contribution in [0.5, 0.6) is 0 Å². The maximum absolute atomic E-state index is 5.89. The minimum Gasteiger partial charge on any atom is -0.339 e. The van der Waals surface area contributed by atoms with Crippen molar-refractivity contribution < 1.29 is 4.52 Å². The van der Waals surface area contributed by atoms with Gasteiger partial charge in [0.1, 0.15) is 0 Å². The van der Waals surface area contributed by atoms with Crippen LogP contribution in [0.1, 0.15) is 63.1 Å². The van der Waals surface area contributed by atoms with Crippen LogP contribution < -0.4 is 5.73 Å². The van der Waals surface area contributed by atoms with Crippen LogP contribution in [0, 0.1) is 17.8 Å². The van der Waals surface area contributed by atoms with Crippen molar-refractivity contribution in [2.75, 3.05) is 6.54 Å². The first-order valence-corrected chi connectivity index (χ1v) is 8.26. The lowest BCUT2D eigenvalue weighted by Crippen LogP contribution is -2.49. The number of nitrogens with zero attached hydrogens (tertiary/aromatic N) is 2. The van der Waals surface area contributed by atoms with E-state index in [0.29, 0.717) is 6.54 Å². The molecule has 0 atom stereocenters. The van der Waals surface area contributed by atoms with Crippen LogP contribution in [-0.4, -0.2) is 16.7 Å². The van der Waals surface area contributed by atoms with Crippen LogP contribution in [0.2, 0.25) is 0 Å². The lowest BCUT2D eigenvalue weighted by Gasteiger charge is -2.55. The normalized spacial score (nSPS) is 44.0. The molecule has 20 heavy (non-hydrogen) atoms. The zero-order valence-corrected chi connectivity index (χ0v) is 12.0. The molecule has 0 aliphatic heterocycles. The van der Waals surface area contributed by atoms with Gasteiger partial charge in [-0.05, 0) is 69.1 Å². The quantitative estimate of drug-likeness (QED) is 0.919. The molecule has 0 amide bonds. The standard InChI is InChI=1S/C16H23N3O/c17-9-15(1-2-15)14-18-13(19-20-14)16-6-10-3-11(7-16)5-12(4-10)8-16/h10-12H,1-9,17H2. The van der Waals surface area contributed by atoms with E-state index in [1.807, 2.05) is 0 Å². The third-order valence-electron chi connectivity index (χ3n) is 6.64. The summed E-state index contributed by atoms with van der Waals surface area (Å²) in [5.74, 6) is 4.62. The molecule has 4 heteroatoms. The molecule has 5 aliphatic carbocycles. The van der Waals surface area contributed by atoms with Gasteiger partial charge in [-0.25, -0.2) is 0 Å². The molecular formula is C16H23N3O. The summed E-state index contributed by atoms with van der Waals surface area (Å²) in [6, 6.07) is 0. The van der Waals surface area contributed by atoms with Gasteiger partial charge in [0.15, 0.2) is 5.82 Å². The van der Waals surface area contributed by atoms with Crippen LogP contribution in [0.4, 0.5) is 0 Å². The van der Waals surface area contributed by atoms with Gasteiger partial charge in [0.05, 0.1) is 5.41 Å². The molecular weight excluding hydrogens is 250 g/mol. The summed E-state index contributed by atoms with van der Waals surface area (Å²) in [4.78, 5) is 4.85. The SMILES string of the molecule is NCC1(c2nc(C34CC5CC(CC(C5)C3)C4)no2)CC1. The van der Waals surface area contributed by atoms with Gasteiger partial charge in [-0.3, -0.25) is 0 Å². The zero-order valence-electron chi connectivity index (χ0n) is 12.0. The Labute approximate surface area is 119 Å². The molecule has 1 aromatic heterocycles. The Morgan fingerprint density at radius 3 is 2.15 bits per heavy atom. The van der Waals surface area contributed by atoms with Crippen molar-refractivity contribution in [3.8, 4) is 0 Å². The van der Waals surface area contributed by atoms with E-state index in [2.05, 4.69) is 5.16 Å². The van der Waals surface area contributed by atoms with Crippen molar-refractivity contribution in [1.29, 1.82) is 0 Å². The summed E-state index contributed by atoms with van der Waals surface area (Å²) in [5.41, 5.74) is 6.17. The van der Waals surface area contributed by atoms with Gasteiger partial charge in [-0.2, -0.15) is 4.98 Å². The third kappa shape index (κ3) is 1.46. The smallest absolute Gasteiger partial charge is 0.234 e. The summed E-state index contributed by atoms with van der Waals surface area (Å²) >= 11 is 0. The molecule has 2 N–H and O–H groups in total. The highest BCUT2D eigenvalue weighted by atomic mass is 16.5. The molecule has 0 aromatic carbocycles. The van der Waals surface area contributed by atoms with Gasteiger partial charge in [0.25, 0.3) is 0 Å². The molecule has 108 valence electrons. The van der Waals surface area contributed by atoms with Gasteiger partial charge in [0, 0.05) is 12.0 Å². The Balaban J connectivity index is 1.51. The molecule has 0 radical (unpaired) electrons. The van der Waals surface area contributed by atoms with Crippen LogP contribution >= 0.6 is 0 Å². The van der Waals surface area contributed by atoms with Crippen LogP contribution in [0.25, 0.3) is 0 Å². The van der Waals surface area contributed by atoms with E-state index >= 15 is 0 Å². The van der Waals surface area contributed by atoms with E-state index in [9.17, 15) is 0 Å². The van der Waals surface area contributed by atoms with E-state index in [4.69, 9.17) is 15.2 Å². The highest BCUT2D eigenvalue weighted by molar-refractivity contribution is 5.21. The average molecular weight is 273 g/mol. The highest BCUT2D eigenvalue weighted by Gasteiger charge is 2.55. The molecule has 5 aliphatic rings. The predicted molar refractivity (Wildman–Crippen MR) is 74.1 cm³/mol. The van der Waals surface area contributed by atoms with Crippen molar-refractivity contribution in [2.24, 2.45) is 23.5 Å². The topological polar surface area (TPSA) is 64.9 Å². The van der Waals surface area contributed by atoms with Gasteiger partial charge in [-0.1, -0.05) is 5.16 Å². The summed E-state index contributed by atoms with van der Waals surface area (Å²) < 4.78 is 5.63. The number of nitrogens with two attached hydrogens (primary N) is 1. The van der Waals surface area contributed by atoms with E-state index in [0.717, 1.165) is 42.3 Å². The number of rotatable bonds is 3. The lowest BCUT2D eigenvalue weighted by atomic mass is 9.49. The van der Waals surface area contributed by atoms with Crippen molar-refractivity contribution in [2.45, 2.75) is 62.2 Å². The lowest BCUT2D eigenvalue weighted by molar-refractivity contribution is -0.0103. The molecule has 6 rings (SSSR count).